The summed E-state index contributed by atoms with van der Waals surface area (Å²) in [6.07, 6.45) is 0. The Labute approximate surface area is 104 Å². The Kier molecular flexibility index (Phi) is 7.33. The Bertz CT molecular complexity index is 328. The zero-order chi connectivity index (χ0) is 13.5. The third-order valence-corrected chi connectivity index (χ3v) is 4.20. The molecule has 0 fully saturated rings. The van der Waals surface area contributed by atoms with Gasteiger partial charge in [-0.25, -0.2) is 12.7 Å². The van der Waals surface area contributed by atoms with Gasteiger partial charge in [-0.3, -0.25) is 4.79 Å². The first-order chi connectivity index (χ1) is 7.81. The largest absolute Gasteiger partial charge is 0.355 e. The standard InChI is InChI=1S/C10H23N3O3S/c1-5-11-8-9(2)10(14)12-6-7-17(15,16)13(3)4/h9,11H,5-8H2,1-4H3,(H,12,14). The van der Waals surface area contributed by atoms with Crippen LogP contribution in [-0.2, 0) is 14.8 Å². The summed E-state index contributed by atoms with van der Waals surface area (Å²) in [6, 6.07) is 0. The molecule has 1 amide bonds. The third kappa shape index (κ3) is 6.60. The molecule has 0 aliphatic carbocycles. The van der Waals surface area contributed by atoms with Gasteiger partial charge in [-0.2, -0.15) is 0 Å². The first-order valence-electron chi connectivity index (χ1n) is 5.70. The molecule has 1 unspecified atom stereocenters. The van der Waals surface area contributed by atoms with Crippen molar-refractivity contribution in [2.45, 2.75) is 13.8 Å². The van der Waals surface area contributed by atoms with E-state index in [2.05, 4.69) is 10.6 Å². The van der Waals surface area contributed by atoms with Gasteiger partial charge in [0.25, 0.3) is 0 Å². The van der Waals surface area contributed by atoms with Gasteiger partial charge in [0.2, 0.25) is 15.9 Å². The molecule has 0 saturated carbocycles. The first-order valence-corrected chi connectivity index (χ1v) is 7.30. The average Bonchev–Trinajstić information content (AvgIpc) is 2.25. The minimum Gasteiger partial charge on any atom is -0.355 e. The van der Waals surface area contributed by atoms with E-state index in [4.69, 9.17) is 0 Å². The van der Waals surface area contributed by atoms with Crippen LogP contribution in [0.3, 0.4) is 0 Å². The van der Waals surface area contributed by atoms with Gasteiger partial charge in [0, 0.05) is 33.1 Å². The smallest absolute Gasteiger partial charge is 0.224 e. The number of hydrogen-bond acceptors (Lipinski definition) is 4. The lowest BCUT2D eigenvalue weighted by Gasteiger charge is -2.14. The van der Waals surface area contributed by atoms with Gasteiger partial charge in [0.05, 0.1) is 5.75 Å². The first kappa shape index (κ1) is 16.3. The molecule has 0 bridgehead atoms. The van der Waals surface area contributed by atoms with E-state index in [1.807, 2.05) is 6.92 Å². The Hall–Kier alpha value is -0.660. The monoisotopic (exact) mass is 265 g/mol. The summed E-state index contributed by atoms with van der Waals surface area (Å²) in [5, 5.41) is 5.68. The minimum atomic E-state index is -3.23. The molecule has 0 saturated heterocycles. The van der Waals surface area contributed by atoms with Gasteiger partial charge in [0.15, 0.2) is 0 Å². The topological polar surface area (TPSA) is 78.5 Å². The molecule has 7 heteroatoms. The van der Waals surface area contributed by atoms with Crippen molar-refractivity contribution in [3.8, 4) is 0 Å². The Morgan fingerprint density at radius 1 is 1.35 bits per heavy atom. The zero-order valence-electron chi connectivity index (χ0n) is 11.0. The molecular weight excluding hydrogens is 242 g/mol. The number of carbonyl (C=O) groups is 1. The second kappa shape index (κ2) is 7.62. The maximum Gasteiger partial charge on any atom is 0.224 e. The minimum absolute atomic E-state index is 0.0698. The van der Waals surface area contributed by atoms with Crippen molar-refractivity contribution in [2.75, 3.05) is 39.5 Å². The molecule has 1 atom stereocenters. The molecule has 6 nitrogen and oxygen atoms in total. The number of nitrogens with one attached hydrogen (secondary N) is 2. The highest BCUT2D eigenvalue weighted by Crippen LogP contribution is 1.95. The van der Waals surface area contributed by atoms with Crippen molar-refractivity contribution in [3.63, 3.8) is 0 Å². The van der Waals surface area contributed by atoms with Crippen LogP contribution in [0, 0.1) is 5.92 Å². The molecule has 0 aromatic rings. The van der Waals surface area contributed by atoms with E-state index in [1.165, 1.54) is 14.1 Å². The molecule has 0 aromatic heterocycles. The highest BCUT2D eigenvalue weighted by Gasteiger charge is 2.15. The number of rotatable bonds is 8. The molecule has 0 rings (SSSR count). The lowest BCUT2D eigenvalue weighted by atomic mass is 10.1. The SMILES string of the molecule is CCNCC(C)C(=O)NCCS(=O)(=O)N(C)C. The van der Waals surface area contributed by atoms with Gasteiger partial charge in [-0.15, -0.1) is 0 Å². The fourth-order valence-corrected chi connectivity index (χ4v) is 1.84. The normalized spacial score (nSPS) is 13.7. The average molecular weight is 265 g/mol. The summed E-state index contributed by atoms with van der Waals surface area (Å²) in [7, 11) is -0.279. The van der Waals surface area contributed by atoms with E-state index in [0.29, 0.717) is 6.54 Å². The fraction of sp³-hybridized carbons (Fsp3) is 0.900. The molecule has 0 aliphatic rings. The van der Waals surface area contributed by atoms with E-state index < -0.39 is 10.0 Å². The van der Waals surface area contributed by atoms with Crippen LogP contribution in [-0.4, -0.2) is 58.1 Å². The second-order valence-corrected chi connectivity index (χ2v) is 6.40. The van der Waals surface area contributed by atoms with Crippen LogP contribution in [0.15, 0.2) is 0 Å². The quantitative estimate of drug-likeness (QED) is 0.605. The number of hydrogen-bond donors (Lipinski definition) is 2. The number of amides is 1. The van der Waals surface area contributed by atoms with Crippen LogP contribution in [0.25, 0.3) is 0 Å². The van der Waals surface area contributed by atoms with Crippen molar-refractivity contribution in [1.29, 1.82) is 0 Å². The van der Waals surface area contributed by atoms with Crippen molar-refractivity contribution >= 4 is 15.9 Å². The van der Waals surface area contributed by atoms with Crippen molar-refractivity contribution in [3.05, 3.63) is 0 Å². The Morgan fingerprint density at radius 2 is 1.94 bits per heavy atom. The van der Waals surface area contributed by atoms with Crippen LogP contribution >= 0.6 is 0 Å². The molecule has 0 heterocycles. The molecular formula is C10H23N3O3S. The fourth-order valence-electron chi connectivity index (χ4n) is 1.11. The predicted molar refractivity (Wildman–Crippen MR) is 68.2 cm³/mol. The number of carbonyl (C=O) groups excluding carboxylic acids is 1. The molecule has 17 heavy (non-hydrogen) atoms. The second-order valence-electron chi connectivity index (χ2n) is 4.10. The lowest BCUT2D eigenvalue weighted by Crippen LogP contribution is -2.39. The molecule has 0 aromatic carbocycles. The highest BCUT2D eigenvalue weighted by molar-refractivity contribution is 7.89. The van der Waals surface area contributed by atoms with E-state index in [9.17, 15) is 13.2 Å². The summed E-state index contributed by atoms with van der Waals surface area (Å²) in [4.78, 5) is 11.5. The Morgan fingerprint density at radius 3 is 2.41 bits per heavy atom. The van der Waals surface area contributed by atoms with Gasteiger partial charge in [-0.1, -0.05) is 13.8 Å². The van der Waals surface area contributed by atoms with Gasteiger partial charge in [-0.05, 0) is 6.54 Å². The summed E-state index contributed by atoms with van der Waals surface area (Å²) < 4.78 is 24.0. The van der Waals surface area contributed by atoms with Gasteiger partial charge < -0.3 is 10.6 Å². The summed E-state index contributed by atoms with van der Waals surface area (Å²) in [5.74, 6) is -0.350. The van der Waals surface area contributed by atoms with Crippen molar-refractivity contribution < 1.29 is 13.2 Å². The maximum absolute atomic E-state index is 11.5. The number of sulfonamides is 1. The van der Waals surface area contributed by atoms with Crippen LogP contribution in [0.2, 0.25) is 0 Å². The summed E-state index contributed by atoms with van der Waals surface area (Å²) >= 11 is 0. The summed E-state index contributed by atoms with van der Waals surface area (Å²) in [5.41, 5.74) is 0. The van der Waals surface area contributed by atoms with Crippen LogP contribution in [0.1, 0.15) is 13.8 Å². The van der Waals surface area contributed by atoms with Gasteiger partial charge in [0.1, 0.15) is 0 Å². The van der Waals surface area contributed by atoms with Crippen LogP contribution in [0.5, 0.6) is 0 Å². The van der Waals surface area contributed by atoms with E-state index in [1.54, 1.807) is 6.92 Å². The van der Waals surface area contributed by atoms with Crippen LogP contribution < -0.4 is 10.6 Å². The molecule has 0 aliphatic heterocycles. The molecule has 2 N–H and O–H groups in total. The number of nitrogens with zero attached hydrogens (tertiary/aromatic N) is 1. The van der Waals surface area contributed by atoms with Crippen molar-refractivity contribution in [1.82, 2.24) is 14.9 Å². The lowest BCUT2D eigenvalue weighted by molar-refractivity contribution is -0.124. The summed E-state index contributed by atoms with van der Waals surface area (Å²) in [6.45, 7) is 5.33. The van der Waals surface area contributed by atoms with Crippen LogP contribution in [0.4, 0.5) is 0 Å². The predicted octanol–water partition coefficient (Wildman–Crippen LogP) is -0.760. The third-order valence-electron chi connectivity index (χ3n) is 2.36. The van der Waals surface area contributed by atoms with Crippen molar-refractivity contribution in [2.24, 2.45) is 5.92 Å². The zero-order valence-corrected chi connectivity index (χ0v) is 11.8. The van der Waals surface area contributed by atoms with E-state index >= 15 is 0 Å². The van der Waals surface area contributed by atoms with Gasteiger partial charge >= 0.3 is 0 Å². The molecule has 0 radical (unpaired) electrons. The van der Waals surface area contributed by atoms with E-state index in [-0.39, 0.29) is 24.1 Å². The van der Waals surface area contributed by atoms with E-state index in [0.717, 1.165) is 10.8 Å². The maximum atomic E-state index is 11.5. The highest BCUT2D eigenvalue weighted by atomic mass is 32.2. The molecule has 102 valence electrons. The molecule has 0 spiro atoms. The Balaban J connectivity index is 3.93.